The highest BCUT2D eigenvalue weighted by Gasteiger charge is 2.49. The summed E-state index contributed by atoms with van der Waals surface area (Å²) in [7, 11) is 0. The Morgan fingerprint density at radius 1 is 1.30 bits per heavy atom. The highest BCUT2D eigenvalue weighted by molar-refractivity contribution is 5.89. The average Bonchev–Trinajstić information content (AvgIpc) is 3.26. The molecule has 0 saturated heterocycles. The van der Waals surface area contributed by atoms with Gasteiger partial charge in [0, 0.05) is 5.92 Å². The normalized spacial score (nSPS) is 23.0. The third kappa shape index (κ3) is 3.48. The molecule has 2 rings (SSSR count). The van der Waals surface area contributed by atoms with Crippen LogP contribution in [-0.2, 0) is 15.8 Å². The van der Waals surface area contributed by atoms with Crippen LogP contribution in [0.2, 0.25) is 0 Å². The molecule has 0 radical (unpaired) electrons. The summed E-state index contributed by atoms with van der Waals surface area (Å²) < 4.78 is 39.1. The number of hydrogen-bond donors (Lipinski definition) is 2. The molecule has 0 bridgehead atoms. The van der Waals surface area contributed by atoms with E-state index in [1.54, 1.807) is 6.92 Å². The van der Waals surface area contributed by atoms with E-state index >= 15 is 0 Å². The maximum absolute atomic E-state index is 13.0. The fourth-order valence-corrected chi connectivity index (χ4v) is 2.56. The van der Waals surface area contributed by atoms with Crippen molar-refractivity contribution in [3.8, 4) is 0 Å². The first-order chi connectivity index (χ1) is 10.6. The Morgan fingerprint density at radius 3 is 2.43 bits per heavy atom. The third-order valence-corrected chi connectivity index (χ3v) is 4.37. The first-order valence-electron chi connectivity index (χ1n) is 7.31. The van der Waals surface area contributed by atoms with Gasteiger partial charge in [-0.05, 0) is 37.3 Å². The minimum Gasteiger partial charge on any atom is -0.480 e. The first kappa shape index (κ1) is 17.3. The molecule has 0 aromatic heterocycles. The number of carboxylic acid groups (broad SMARTS) is 1. The number of halogens is 3. The van der Waals surface area contributed by atoms with Gasteiger partial charge in [-0.15, -0.1) is 0 Å². The second-order valence-electron chi connectivity index (χ2n) is 6.01. The van der Waals surface area contributed by atoms with Crippen LogP contribution < -0.4 is 5.32 Å². The maximum atomic E-state index is 13.0. The minimum atomic E-state index is -4.47. The van der Waals surface area contributed by atoms with Crippen molar-refractivity contribution in [3.05, 3.63) is 35.4 Å². The van der Waals surface area contributed by atoms with Crippen molar-refractivity contribution >= 4 is 11.9 Å². The molecule has 1 aliphatic rings. The summed E-state index contributed by atoms with van der Waals surface area (Å²) in [5.74, 6) is -2.83. The lowest BCUT2D eigenvalue weighted by atomic mass is 9.98. The number of amides is 1. The molecule has 1 amide bonds. The van der Waals surface area contributed by atoms with Crippen molar-refractivity contribution in [2.75, 3.05) is 0 Å². The molecule has 0 heterocycles. The highest BCUT2D eigenvalue weighted by Crippen LogP contribution is 2.51. The summed E-state index contributed by atoms with van der Waals surface area (Å²) in [5.41, 5.74) is -2.06. The number of hydrogen-bond acceptors (Lipinski definition) is 2. The molecule has 1 saturated carbocycles. The summed E-state index contributed by atoms with van der Waals surface area (Å²) in [5, 5.41) is 11.6. The Bertz CT molecular complexity index is 629. The largest absolute Gasteiger partial charge is 0.480 e. The maximum Gasteiger partial charge on any atom is 0.416 e. The van der Waals surface area contributed by atoms with Crippen LogP contribution >= 0.6 is 0 Å². The molecule has 1 aliphatic carbocycles. The standard InChI is InChI=1S/C16H18F3NO3/c1-3-15(2,14(22)23)20-13(21)11-8-10(11)9-6-4-5-7-12(9)16(17,18)19/h4-7,10-11H,3,8H2,1-2H3,(H,20,21)(H,22,23). The van der Waals surface area contributed by atoms with Crippen LogP contribution in [0.15, 0.2) is 24.3 Å². The Morgan fingerprint density at radius 2 is 1.91 bits per heavy atom. The zero-order chi connectivity index (χ0) is 17.4. The fourth-order valence-electron chi connectivity index (χ4n) is 2.56. The Labute approximate surface area is 131 Å². The monoisotopic (exact) mass is 329 g/mol. The Hall–Kier alpha value is -2.05. The van der Waals surface area contributed by atoms with Gasteiger partial charge in [0.25, 0.3) is 0 Å². The summed E-state index contributed by atoms with van der Waals surface area (Å²) >= 11 is 0. The van der Waals surface area contributed by atoms with Gasteiger partial charge in [-0.25, -0.2) is 4.79 Å². The van der Waals surface area contributed by atoms with Gasteiger partial charge in [-0.1, -0.05) is 25.1 Å². The fraction of sp³-hybridized carbons (Fsp3) is 0.500. The molecular formula is C16H18F3NO3. The zero-order valence-electron chi connectivity index (χ0n) is 12.8. The third-order valence-electron chi connectivity index (χ3n) is 4.37. The molecule has 3 atom stereocenters. The number of aliphatic carboxylic acids is 1. The molecule has 1 aromatic carbocycles. The van der Waals surface area contributed by atoms with Crippen LogP contribution in [0.5, 0.6) is 0 Å². The number of carbonyl (C=O) groups is 2. The molecule has 1 fully saturated rings. The van der Waals surface area contributed by atoms with Crippen LogP contribution in [-0.4, -0.2) is 22.5 Å². The molecule has 0 spiro atoms. The smallest absolute Gasteiger partial charge is 0.416 e. The van der Waals surface area contributed by atoms with Gasteiger partial charge in [0.1, 0.15) is 5.54 Å². The minimum absolute atomic E-state index is 0.0914. The number of rotatable bonds is 5. The number of carboxylic acids is 1. The number of carbonyl (C=O) groups excluding carboxylic acids is 1. The number of alkyl halides is 3. The summed E-state index contributed by atoms with van der Waals surface area (Å²) in [4.78, 5) is 23.4. The Kier molecular flexibility index (Phi) is 4.41. The lowest BCUT2D eigenvalue weighted by Gasteiger charge is -2.24. The predicted molar refractivity (Wildman–Crippen MR) is 76.8 cm³/mol. The van der Waals surface area contributed by atoms with Crippen LogP contribution in [0.3, 0.4) is 0 Å². The van der Waals surface area contributed by atoms with E-state index in [0.717, 1.165) is 6.07 Å². The molecule has 2 N–H and O–H groups in total. The van der Waals surface area contributed by atoms with E-state index in [2.05, 4.69) is 5.32 Å². The quantitative estimate of drug-likeness (QED) is 0.872. The second kappa shape index (κ2) is 5.86. The van der Waals surface area contributed by atoms with Crippen molar-refractivity contribution in [2.24, 2.45) is 5.92 Å². The Balaban J connectivity index is 2.14. The molecule has 126 valence electrons. The van der Waals surface area contributed by atoms with E-state index in [1.165, 1.54) is 25.1 Å². The van der Waals surface area contributed by atoms with Crippen molar-refractivity contribution in [1.29, 1.82) is 0 Å². The molecule has 7 heteroatoms. The summed E-state index contributed by atoms with van der Waals surface area (Å²) in [6.07, 6.45) is -4.00. The SMILES string of the molecule is CCC(C)(NC(=O)C1CC1c1ccccc1C(F)(F)F)C(=O)O. The zero-order valence-corrected chi connectivity index (χ0v) is 12.8. The van der Waals surface area contributed by atoms with E-state index in [-0.39, 0.29) is 12.0 Å². The molecule has 1 aromatic rings. The molecule has 0 aliphatic heterocycles. The van der Waals surface area contributed by atoms with Crippen LogP contribution in [0.25, 0.3) is 0 Å². The van der Waals surface area contributed by atoms with Gasteiger partial charge < -0.3 is 10.4 Å². The highest BCUT2D eigenvalue weighted by atomic mass is 19.4. The van der Waals surface area contributed by atoms with E-state index in [9.17, 15) is 22.8 Å². The van der Waals surface area contributed by atoms with Gasteiger partial charge in [0.2, 0.25) is 5.91 Å². The first-order valence-corrected chi connectivity index (χ1v) is 7.31. The summed E-state index contributed by atoms with van der Waals surface area (Å²) in [6.45, 7) is 3.01. The van der Waals surface area contributed by atoms with Crippen LogP contribution in [0.4, 0.5) is 13.2 Å². The predicted octanol–water partition coefficient (Wildman–Crippen LogP) is 3.18. The van der Waals surface area contributed by atoms with E-state index < -0.39 is 41.0 Å². The van der Waals surface area contributed by atoms with Gasteiger partial charge in [-0.2, -0.15) is 13.2 Å². The van der Waals surface area contributed by atoms with Gasteiger partial charge in [-0.3, -0.25) is 4.79 Å². The molecule has 4 nitrogen and oxygen atoms in total. The van der Waals surface area contributed by atoms with Crippen molar-refractivity contribution in [3.63, 3.8) is 0 Å². The topological polar surface area (TPSA) is 66.4 Å². The molecule has 23 heavy (non-hydrogen) atoms. The van der Waals surface area contributed by atoms with Gasteiger partial charge in [0.15, 0.2) is 0 Å². The van der Waals surface area contributed by atoms with Crippen molar-refractivity contribution < 1.29 is 27.9 Å². The van der Waals surface area contributed by atoms with Gasteiger partial charge >= 0.3 is 12.1 Å². The van der Waals surface area contributed by atoms with E-state index in [0.29, 0.717) is 6.42 Å². The van der Waals surface area contributed by atoms with Crippen molar-refractivity contribution in [1.82, 2.24) is 5.32 Å². The lowest BCUT2D eigenvalue weighted by molar-refractivity contribution is -0.147. The molecular weight excluding hydrogens is 311 g/mol. The molecule has 3 unspecified atom stereocenters. The van der Waals surface area contributed by atoms with Crippen LogP contribution in [0.1, 0.15) is 43.7 Å². The van der Waals surface area contributed by atoms with E-state index in [4.69, 9.17) is 5.11 Å². The second-order valence-corrected chi connectivity index (χ2v) is 6.01. The average molecular weight is 329 g/mol. The number of benzene rings is 1. The van der Waals surface area contributed by atoms with Crippen LogP contribution in [0, 0.1) is 5.92 Å². The van der Waals surface area contributed by atoms with E-state index in [1.807, 2.05) is 0 Å². The lowest BCUT2D eigenvalue weighted by Crippen LogP contribution is -2.52. The number of nitrogens with one attached hydrogen (secondary N) is 1. The van der Waals surface area contributed by atoms with Gasteiger partial charge in [0.05, 0.1) is 5.56 Å². The summed E-state index contributed by atoms with van der Waals surface area (Å²) in [6, 6.07) is 5.18. The van der Waals surface area contributed by atoms with Crippen molar-refractivity contribution in [2.45, 2.75) is 44.3 Å².